The summed E-state index contributed by atoms with van der Waals surface area (Å²) in [7, 11) is 0. The van der Waals surface area contributed by atoms with Gasteiger partial charge in [0.15, 0.2) is 11.6 Å². The Morgan fingerprint density at radius 1 is 1.10 bits per heavy atom. The van der Waals surface area contributed by atoms with Crippen molar-refractivity contribution in [2.45, 2.75) is 37.8 Å². The van der Waals surface area contributed by atoms with Crippen molar-refractivity contribution >= 4 is 11.9 Å². The monoisotopic (exact) mass is 299 g/mol. The van der Waals surface area contributed by atoms with E-state index < -0.39 is 46.8 Å². The van der Waals surface area contributed by atoms with Gasteiger partial charge in [-0.05, 0) is 25.0 Å². The first kappa shape index (κ1) is 15.4. The van der Waals surface area contributed by atoms with E-state index in [1.165, 1.54) is 0 Å². The standard InChI is InChI=1S/C14H15F2NO4/c15-9-5-7(8(14(20)21)6-10(9)16)13(19)17-11-3-1-2-4-12(11)18/h5-6,11-12,18H,1-4H2,(H,17,19)(H,20,21). The van der Waals surface area contributed by atoms with Crippen LogP contribution in [0.3, 0.4) is 0 Å². The van der Waals surface area contributed by atoms with Crippen LogP contribution in [0.25, 0.3) is 0 Å². The molecule has 3 N–H and O–H groups in total. The van der Waals surface area contributed by atoms with Gasteiger partial charge < -0.3 is 15.5 Å². The Bertz CT molecular complexity index is 576. The molecule has 0 aliphatic heterocycles. The van der Waals surface area contributed by atoms with E-state index in [1.54, 1.807) is 0 Å². The van der Waals surface area contributed by atoms with Crippen molar-refractivity contribution in [1.29, 1.82) is 0 Å². The third-order valence-electron chi connectivity index (χ3n) is 3.58. The zero-order valence-electron chi connectivity index (χ0n) is 11.1. The molecule has 1 aromatic carbocycles. The van der Waals surface area contributed by atoms with Gasteiger partial charge in [0, 0.05) is 0 Å². The molecular formula is C14H15F2NO4. The zero-order chi connectivity index (χ0) is 15.6. The first-order chi connectivity index (χ1) is 9.90. The highest BCUT2D eigenvalue weighted by Gasteiger charge is 2.27. The van der Waals surface area contributed by atoms with E-state index in [9.17, 15) is 23.5 Å². The Kier molecular flexibility index (Phi) is 4.52. The Balaban J connectivity index is 2.26. The van der Waals surface area contributed by atoms with Gasteiger partial charge in [-0.25, -0.2) is 13.6 Å². The molecule has 0 saturated heterocycles. The number of carboxylic acid groups (broad SMARTS) is 1. The van der Waals surface area contributed by atoms with Crippen molar-refractivity contribution in [1.82, 2.24) is 5.32 Å². The highest BCUT2D eigenvalue weighted by Crippen LogP contribution is 2.20. The van der Waals surface area contributed by atoms with E-state index in [0.29, 0.717) is 25.0 Å². The average molecular weight is 299 g/mol. The SMILES string of the molecule is O=C(O)c1cc(F)c(F)cc1C(=O)NC1CCCCC1O. The lowest BCUT2D eigenvalue weighted by atomic mass is 9.92. The van der Waals surface area contributed by atoms with Crippen molar-refractivity contribution in [2.75, 3.05) is 0 Å². The number of aliphatic hydroxyl groups excluding tert-OH is 1. The summed E-state index contributed by atoms with van der Waals surface area (Å²) in [6.45, 7) is 0. The molecule has 0 heterocycles. The van der Waals surface area contributed by atoms with E-state index in [2.05, 4.69) is 5.32 Å². The summed E-state index contributed by atoms with van der Waals surface area (Å²) >= 11 is 0. The molecule has 1 aliphatic rings. The van der Waals surface area contributed by atoms with Crippen LogP contribution < -0.4 is 5.32 Å². The van der Waals surface area contributed by atoms with Crippen LogP contribution in [0.15, 0.2) is 12.1 Å². The second-order valence-electron chi connectivity index (χ2n) is 5.05. The van der Waals surface area contributed by atoms with Crippen molar-refractivity contribution in [3.05, 3.63) is 34.9 Å². The highest BCUT2D eigenvalue weighted by molar-refractivity contribution is 6.04. The topological polar surface area (TPSA) is 86.6 Å². The molecule has 2 unspecified atom stereocenters. The maximum Gasteiger partial charge on any atom is 0.336 e. The Hall–Kier alpha value is -2.02. The second kappa shape index (κ2) is 6.17. The van der Waals surface area contributed by atoms with Gasteiger partial charge in [-0.1, -0.05) is 12.8 Å². The number of carbonyl (C=O) groups excluding carboxylic acids is 1. The fourth-order valence-electron chi connectivity index (χ4n) is 2.44. The van der Waals surface area contributed by atoms with Crippen LogP contribution in [-0.4, -0.2) is 34.2 Å². The first-order valence-corrected chi connectivity index (χ1v) is 6.61. The van der Waals surface area contributed by atoms with Gasteiger partial charge in [0.05, 0.1) is 23.3 Å². The molecule has 7 heteroatoms. The van der Waals surface area contributed by atoms with Crippen LogP contribution in [0.5, 0.6) is 0 Å². The fraction of sp³-hybridized carbons (Fsp3) is 0.429. The van der Waals surface area contributed by atoms with Crippen molar-refractivity contribution in [2.24, 2.45) is 0 Å². The van der Waals surface area contributed by atoms with E-state index >= 15 is 0 Å². The molecule has 1 aliphatic carbocycles. The number of aliphatic hydroxyl groups is 1. The number of carboxylic acids is 1. The van der Waals surface area contributed by atoms with Crippen molar-refractivity contribution in [3.8, 4) is 0 Å². The zero-order valence-corrected chi connectivity index (χ0v) is 11.1. The highest BCUT2D eigenvalue weighted by atomic mass is 19.2. The number of carbonyl (C=O) groups is 2. The quantitative estimate of drug-likeness (QED) is 0.793. The van der Waals surface area contributed by atoms with Gasteiger partial charge in [-0.2, -0.15) is 0 Å². The van der Waals surface area contributed by atoms with Crippen LogP contribution in [0, 0.1) is 11.6 Å². The van der Waals surface area contributed by atoms with Gasteiger partial charge >= 0.3 is 5.97 Å². The van der Waals surface area contributed by atoms with E-state index in [1.807, 2.05) is 0 Å². The number of halogens is 2. The van der Waals surface area contributed by atoms with Gasteiger partial charge in [-0.3, -0.25) is 4.79 Å². The molecule has 21 heavy (non-hydrogen) atoms. The predicted molar refractivity (Wildman–Crippen MR) is 69.0 cm³/mol. The molecule has 0 spiro atoms. The number of rotatable bonds is 3. The van der Waals surface area contributed by atoms with Gasteiger partial charge in [-0.15, -0.1) is 0 Å². The predicted octanol–water partition coefficient (Wildman–Crippen LogP) is 1.70. The van der Waals surface area contributed by atoms with Crippen LogP contribution in [0.4, 0.5) is 8.78 Å². The van der Waals surface area contributed by atoms with E-state index in [4.69, 9.17) is 5.11 Å². The summed E-state index contributed by atoms with van der Waals surface area (Å²) in [4.78, 5) is 23.1. The molecule has 0 aromatic heterocycles. The second-order valence-corrected chi connectivity index (χ2v) is 5.05. The number of hydrogen-bond acceptors (Lipinski definition) is 3. The number of benzene rings is 1. The molecule has 1 amide bonds. The summed E-state index contributed by atoms with van der Waals surface area (Å²) in [6.07, 6.45) is 2.04. The van der Waals surface area contributed by atoms with E-state index in [0.717, 1.165) is 12.8 Å². The lowest BCUT2D eigenvalue weighted by molar-refractivity contribution is 0.0674. The summed E-state index contributed by atoms with van der Waals surface area (Å²) in [5.41, 5.74) is -1.07. The summed E-state index contributed by atoms with van der Waals surface area (Å²) < 4.78 is 26.3. The van der Waals surface area contributed by atoms with Crippen LogP contribution >= 0.6 is 0 Å². The van der Waals surface area contributed by atoms with Gasteiger partial charge in [0.25, 0.3) is 5.91 Å². The van der Waals surface area contributed by atoms with Crippen molar-refractivity contribution < 1.29 is 28.6 Å². The first-order valence-electron chi connectivity index (χ1n) is 6.61. The summed E-state index contributed by atoms with van der Waals surface area (Å²) in [6, 6.07) is 0.522. The average Bonchev–Trinajstić information content (AvgIpc) is 2.43. The normalized spacial score (nSPS) is 21.9. The maximum atomic E-state index is 13.2. The molecule has 2 atom stereocenters. The lowest BCUT2D eigenvalue weighted by Gasteiger charge is -2.28. The molecule has 2 rings (SSSR count). The number of hydrogen-bond donors (Lipinski definition) is 3. The maximum absolute atomic E-state index is 13.2. The largest absolute Gasteiger partial charge is 0.478 e. The Morgan fingerprint density at radius 3 is 2.24 bits per heavy atom. The number of amides is 1. The summed E-state index contributed by atoms with van der Waals surface area (Å²) in [5.74, 6) is -4.99. The minimum absolute atomic E-state index is 0.459. The molecule has 0 radical (unpaired) electrons. The number of aromatic carboxylic acids is 1. The smallest absolute Gasteiger partial charge is 0.336 e. The molecule has 1 fully saturated rings. The molecule has 0 bridgehead atoms. The Labute approximate surface area is 119 Å². The minimum Gasteiger partial charge on any atom is -0.478 e. The fourth-order valence-corrected chi connectivity index (χ4v) is 2.44. The minimum atomic E-state index is -1.52. The molecule has 5 nitrogen and oxygen atoms in total. The number of nitrogens with one attached hydrogen (secondary N) is 1. The van der Waals surface area contributed by atoms with Gasteiger partial charge in [0.1, 0.15) is 0 Å². The van der Waals surface area contributed by atoms with Crippen LogP contribution in [0.1, 0.15) is 46.4 Å². The van der Waals surface area contributed by atoms with Gasteiger partial charge in [0.2, 0.25) is 0 Å². The molecule has 1 aromatic rings. The third kappa shape index (κ3) is 3.36. The van der Waals surface area contributed by atoms with Crippen LogP contribution in [0.2, 0.25) is 0 Å². The third-order valence-corrected chi connectivity index (χ3v) is 3.58. The van der Waals surface area contributed by atoms with Crippen LogP contribution in [-0.2, 0) is 0 Å². The summed E-state index contributed by atoms with van der Waals surface area (Å²) in [5, 5.41) is 21.2. The molecule has 114 valence electrons. The van der Waals surface area contributed by atoms with E-state index in [-0.39, 0.29) is 0 Å². The Morgan fingerprint density at radius 2 is 1.67 bits per heavy atom. The molecular weight excluding hydrogens is 284 g/mol. The van der Waals surface area contributed by atoms with Crippen molar-refractivity contribution in [3.63, 3.8) is 0 Å². The lowest BCUT2D eigenvalue weighted by Crippen LogP contribution is -2.45. The molecule has 1 saturated carbocycles.